The van der Waals surface area contributed by atoms with Crippen molar-refractivity contribution in [2.75, 3.05) is 19.6 Å². The molecule has 2 aromatic rings. The molecule has 1 aromatic carbocycles. The van der Waals surface area contributed by atoms with Crippen LogP contribution < -0.4 is 15.6 Å². The normalized spacial score (nSPS) is 25.4. The zero-order valence-corrected chi connectivity index (χ0v) is 20.6. The molecule has 3 atom stereocenters. The van der Waals surface area contributed by atoms with Gasteiger partial charge < -0.3 is 16.0 Å². The number of carbonyl (C=O) groups is 1. The molecule has 0 radical (unpaired) electrons. The summed E-state index contributed by atoms with van der Waals surface area (Å²) in [6.07, 6.45) is 8.45. The number of fused-ring (bicyclic) bond motifs is 5. The Morgan fingerprint density at radius 2 is 2.09 bits per heavy atom. The molecule has 5 rings (SSSR count). The molecule has 3 heterocycles. The van der Waals surface area contributed by atoms with Gasteiger partial charge in [0, 0.05) is 43.0 Å². The Morgan fingerprint density at radius 3 is 2.85 bits per heavy atom. The van der Waals surface area contributed by atoms with Gasteiger partial charge in [-0.25, -0.2) is 13.5 Å². The number of amides is 1. The van der Waals surface area contributed by atoms with Crippen LogP contribution in [-0.2, 0) is 11.8 Å². The average molecular weight is 467 g/mol. The summed E-state index contributed by atoms with van der Waals surface area (Å²) in [4.78, 5) is 15.8. The average Bonchev–Trinajstić information content (AvgIpc) is 3.08. The number of hydrogen-bond acceptors (Lipinski definition) is 3. The molecular formula is C27H37FN5O+. The number of benzene rings is 1. The lowest BCUT2D eigenvalue weighted by atomic mass is 9.84. The molecule has 1 aromatic heterocycles. The minimum Gasteiger partial charge on any atom is -0.373 e. The first kappa shape index (κ1) is 23.1. The van der Waals surface area contributed by atoms with Gasteiger partial charge in [0.2, 0.25) is 0 Å². The number of halogens is 1. The highest BCUT2D eigenvalue weighted by Gasteiger charge is 2.41. The van der Waals surface area contributed by atoms with Crippen LogP contribution in [0.15, 0.2) is 35.5 Å². The van der Waals surface area contributed by atoms with Gasteiger partial charge >= 0.3 is 0 Å². The third-order valence-corrected chi connectivity index (χ3v) is 7.88. The van der Waals surface area contributed by atoms with Crippen LogP contribution in [-0.4, -0.2) is 41.1 Å². The summed E-state index contributed by atoms with van der Waals surface area (Å²) in [6.45, 7) is 6.68. The van der Waals surface area contributed by atoms with Crippen LogP contribution in [0.5, 0.6) is 0 Å². The molecule has 1 amide bonds. The van der Waals surface area contributed by atoms with Crippen LogP contribution in [0.1, 0.15) is 64.2 Å². The second-order valence-electron chi connectivity index (χ2n) is 10.3. The SMILES string of the molecule is CCNC(=O)C1=CC2=C(N3CCCC(N)C3)CCC(C)CCC2n2c1[n+](C)c1ccc(F)cc12. The van der Waals surface area contributed by atoms with E-state index < -0.39 is 0 Å². The zero-order valence-electron chi connectivity index (χ0n) is 20.6. The monoisotopic (exact) mass is 466 g/mol. The molecule has 0 saturated carbocycles. The molecule has 1 fully saturated rings. The predicted octanol–water partition coefficient (Wildman–Crippen LogP) is 3.57. The van der Waals surface area contributed by atoms with E-state index in [2.05, 4.69) is 27.8 Å². The maximum Gasteiger partial charge on any atom is 0.295 e. The van der Waals surface area contributed by atoms with E-state index in [4.69, 9.17) is 5.73 Å². The maximum atomic E-state index is 14.5. The number of hydrogen-bond donors (Lipinski definition) is 2. The number of nitrogens with zero attached hydrogens (tertiary/aromatic N) is 3. The lowest BCUT2D eigenvalue weighted by Gasteiger charge is -2.38. The molecule has 7 heteroatoms. The summed E-state index contributed by atoms with van der Waals surface area (Å²) in [5.74, 6) is 1.12. The topological polar surface area (TPSA) is 67.2 Å². The van der Waals surface area contributed by atoms with E-state index in [0.717, 1.165) is 68.5 Å². The first-order valence-corrected chi connectivity index (χ1v) is 12.8. The highest BCUT2D eigenvalue weighted by atomic mass is 19.1. The molecule has 3 N–H and O–H groups in total. The minimum absolute atomic E-state index is 0.0644. The molecule has 1 saturated heterocycles. The van der Waals surface area contributed by atoms with E-state index in [9.17, 15) is 9.18 Å². The number of rotatable bonds is 3. The first-order valence-electron chi connectivity index (χ1n) is 12.8. The number of likely N-dealkylation sites (tertiary alicyclic amines) is 1. The standard InChI is InChI=1S/C27H36FN5O/c1-4-30-26(34)21-15-20-22(32-13-5-6-19(29)16-32)10-7-17(2)8-11-23(20)33-25-14-18(28)9-12-24(25)31(3)27(21)33/h9,12,14-15,17,19,23H,4-8,10-11,13,16,29H2,1-3H3/p+1. The quantitative estimate of drug-likeness (QED) is 0.680. The number of likely N-dealkylation sites (N-methyl/N-ethyl adjacent to an activating group) is 1. The fourth-order valence-corrected chi connectivity index (χ4v) is 6.14. The number of nitrogens with two attached hydrogens (primary N) is 1. The smallest absolute Gasteiger partial charge is 0.295 e. The van der Waals surface area contributed by atoms with Crippen molar-refractivity contribution in [3.63, 3.8) is 0 Å². The largest absolute Gasteiger partial charge is 0.373 e. The fourth-order valence-electron chi connectivity index (χ4n) is 6.14. The summed E-state index contributed by atoms with van der Waals surface area (Å²) in [5, 5.41) is 3.01. The van der Waals surface area contributed by atoms with Crippen LogP contribution in [0.25, 0.3) is 16.6 Å². The summed E-state index contributed by atoms with van der Waals surface area (Å²) in [7, 11) is 1.98. The number of piperidine rings is 1. The Hall–Kier alpha value is -2.67. The van der Waals surface area contributed by atoms with E-state index >= 15 is 0 Å². The van der Waals surface area contributed by atoms with Crippen molar-refractivity contribution in [3.8, 4) is 0 Å². The van der Waals surface area contributed by atoms with Crippen molar-refractivity contribution >= 4 is 22.5 Å². The van der Waals surface area contributed by atoms with E-state index in [1.807, 2.05) is 24.6 Å². The number of nitrogens with one attached hydrogen (secondary N) is 1. The highest BCUT2D eigenvalue weighted by molar-refractivity contribution is 6.19. The Kier molecular flexibility index (Phi) is 6.23. The van der Waals surface area contributed by atoms with Gasteiger partial charge in [-0.3, -0.25) is 4.79 Å². The summed E-state index contributed by atoms with van der Waals surface area (Å²) >= 11 is 0. The highest BCUT2D eigenvalue weighted by Crippen LogP contribution is 2.43. The van der Waals surface area contributed by atoms with E-state index in [0.29, 0.717) is 18.0 Å². The number of aromatic nitrogens is 2. The predicted molar refractivity (Wildman–Crippen MR) is 132 cm³/mol. The molecule has 34 heavy (non-hydrogen) atoms. The molecule has 3 unspecified atom stereocenters. The first-order chi connectivity index (χ1) is 16.4. The van der Waals surface area contributed by atoms with Crippen molar-refractivity contribution in [1.82, 2.24) is 14.8 Å². The van der Waals surface area contributed by atoms with E-state index in [-0.39, 0.29) is 23.8 Å². The molecule has 0 spiro atoms. The zero-order chi connectivity index (χ0) is 24.0. The van der Waals surface area contributed by atoms with Crippen LogP contribution in [0.2, 0.25) is 0 Å². The lowest BCUT2D eigenvalue weighted by molar-refractivity contribution is -0.648. The third-order valence-electron chi connectivity index (χ3n) is 7.88. The van der Waals surface area contributed by atoms with Crippen molar-refractivity contribution in [1.29, 1.82) is 0 Å². The maximum absolute atomic E-state index is 14.5. The number of imidazole rings is 1. The Labute approximate surface area is 201 Å². The minimum atomic E-state index is -0.255. The van der Waals surface area contributed by atoms with Gasteiger partial charge in [0.25, 0.3) is 11.7 Å². The lowest BCUT2D eigenvalue weighted by Crippen LogP contribution is -2.44. The Balaban J connectivity index is 1.78. The Morgan fingerprint density at radius 1 is 1.26 bits per heavy atom. The summed E-state index contributed by atoms with van der Waals surface area (Å²) < 4.78 is 18.8. The van der Waals surface area contributed by atoms with Crippen molar-refractivity contribution < 1.29 is 13.8 Å². The van der Waals surface area contributed by atoms with Gasteiger partial charge in [0.1, 0.15) is 17.4 Å². The van der Waals surface area contributed by atoms with Gasteiger partial charge in [0.05, 0.1) is 7.05 Å². The van der Waals surface area contributed by atoms with E-state index in [1.165, 1.54) is 17.3 Å². The fraction of sp³-hybridized carbons (Fsp3) is 0.556. The number of carbonyl (C=O) groups excluding carboxylic acids is 1. The molecule has 3 aliphatic rings. The van der Waals surface area contributed by atoms with E-state index in [1.54, 1.807) is 6.07 Å². The van der Waals surface area contributed by atoms with Gasteiger partial charge in [-0.1, -0.05) is 6.92 Å². The molecule has 182 valence electrons. The molecule has 2 aliphatic heterocycles. The number of aryl methyl sites for hydroxylation is 1. The van der Waals surface area contributed by atoms with Crippen molar-refractivity contribution in [3.05, 3.63) is 47.2 Å². The molecular weight excluding hydrogens is 429 g/mol. The summed E-state index contributed by atoms with van der Waals surface area (Å²) in [6, 6.07) is 5.19. The van der Waals surface area contributed by atoms with Crippen LogP contribution in [0.3, 0.4) is 0 Å². The molecule has 0 bridgehead atoms. The van der Waals surface area contributed by atoms with Crippen molar-refractivity contribution in [2.24, 2.45) is 18.7 Å². The second kappa shape index (κ2) is 9.17. The van der Waals surface area contributed by atoms with Gasteiger partial charge in [-0.05, 0) is 69.6 Å². The van der Waals surface area contributed by atoms with Gasteiger partial charge in [-0.2, -0.15) is 0 Å². The molecule has 1 aliphatic carbocycles. The van der Waals surface area contributed by atoms with Gasteiger partial charge in [0.15, 0.2) is 11.0 Å². The summed E-state index contributed by atoms with van der Waals surface area (Å²) in [5.41, 5.74) is 11.3. The second-order valence-corrected chi connectivity index (χ2v) is 10.3. The van der Waals surface area contributed by atoms with Crippen LogP contribution >= 0.6 is 0 Å². The number of allylic oxidation sites excluding steroid dienone is 3. The Bertz CT molecular complexity index is 1180. The molecule has 6 nitrogen and oxygen atoms in total. The van der Waals surface area contributed by atoms with Crippen LogP contribution in [0.4, 0.5) is 4.39 Å². The van der Waals surface area contributed by atoms with Crippen LogP contribution in [0, 0.1) is 11.7 Å². The van der Waals surface area contributed by atoms with Gasteiger partial charge in [-0.15, -0.1) is 0 Å². The third kappa shape index (κ3) is 3.94. The van der Waals surface area contributed by atoms with Crippen molar-refractivity contribution in [2.45, 2.75) is 64.5 Å².